The summed E-state index contributed by atoms with van der Waals surface area (Å²) in [4.78, 5) is 27.3. The second-order valence-electron chi connectivity index (χ2n) is 9.18. The summed E-state index contributed by atoms with van der Waals surface area (Å²) in [5, 5.41) is 2.94. The number of anilines is 1. The summed E-state index contributed by atoms with van der Waals surface area (Å²) in [7, 11) is 3.27. The van der Waals surface area contributed by atoms with E-state index in [-0.39, 0.29) is 23.8 Å². The number of hydrogen-bond acceptors (Lipinski definition) is 5. The van der Waals surface area contributed by atoms with Gasteiger partial charge >= 0.3 is 0 Å². The fourth-order valence-corrected chi connectivity index (χ4v) is 4.49. The van der Waals surface area contributed by atoms with Crippen LogP contribution in [-0.2, 0) is 16.0 Å². The number of amides is 2. The van der Waals surface area contributed by atoms with E-state index < -0.39 is 6.10 Å². The first-order valence-electron chi connectivity index (χ1n) is 12.2. The van der Waals surface area contributed by atoms with E-state index >= 15 is 0 Å². The number of hydrogen-bond donors (Lipinski definition) is 1. The van der Waals surface area contributed by atoms with Crippen LogP contribution in [0.5, 0.6) is 17.2 Å². The van der Waals surface area contributed by atoms with Crippen molar-refractivity contribution in [3.8, 4) is 17.2 Å². The number of ether oxygens (including phenoxy) is 3. The zero-order chi connectivity index (χ0) is 25.1. The molecule has 1 N–H and O–H groups in total. The third-order valence-corrected chi connectivity index (χ3v) is 6.70. The second kappa shape index (κ2) is 10.3. The van der Waals surface area contributed by atoms with Gasteiger partial charge in [0.1, 0.15) is 23.3 Å². The highest BCUT2D eigenvalue weighted by Crippen LogP contribution is 2.39. The summed E-state index contributed by atoms with van der Waals surface area (Å²) in [5.41, 5.74) is 2.74. The van der Waals surface area contributed by atoms with Crippen molar-refractivity contribution in [2.45, 2.75) is 31.4 Å². The van der Waals surface area contributed by atoms with Gasteiger partial charge in [0.2, 0.25) is 12.0 Å². The number of nitrogens with zero attached hydrogens (tertiary/aromatic N) is 1. The lowest BCUT2D eigenvalue weighted by Gasteiger charge is -2.47. The second-order valence-corrected chi connectivity index (χ2v) is 9.18. The van der Waals surface area contributed by atoms with Crippen LogP contribution in [-0.4, -0.2) is 43.6 Å². The average molecular weight is 487 g/mol. The van der Waals surface area contributed by atoms with E-state index in [9.17, 15) is 9.59 Å². The number of likely N-dealkylation sites (tertiary alicyclic amines) is 1. The molecule has 5 rings (SSSR count). The average Bonchev–Trinajstić information content (AvgIpc) is 3.76. The van der Waals surface area contributed by atoms with Crippen LogP contribution in [0.25, 0.3) is 0 Å². The standard InChI is InChI=1S/C29H30N2O5/c1-34-23-13-9-19(10-14-23)15-16-31-26(21-5-3-7-24(17-21)35-2)27(29(31)33)36-25-8-4-6-22(18-25)30-28(32)20-11-12-20/h3-10,13-14,17-18,20,26-27H,11-12,15-16H2,1-2H3,(H,30,32)/t26-,27-/m0/s1. The zero-order valence-corrected chi connectivity index (χ0v) is 20.5. The maximum absolute atomic E-state index is 13.3. The molecule has 1 heterocycles. The molecule has 2 aliphatic rings. The van der Waals surface area contributed by atoms with Crippen molar-refractivity contribution in [2.24, 2.45) is 5.92 Å². The Morgan fingerprint density at radius 2 is 1.64 bits per heavy atom. The zero-order valence-electron chi connectivity index (χ0n) is 20.5. The van der Waals surface area contributed by atoms with Crippen molar-refractivity contribution >= 4 is 17.5 Å². The van der Waals surface area contributed by atoms with Gasteiger partial charge in [-0.25, -0.2) is 0 Å². The smallest absolute Gasteiger partial charge is 0.266 e. The number of nitrogens with one attached hydrogen (secondary N) is 1. The number of benzene rings is 3. The van der Waals surface area contributed by atoms with Gasteiger partial charge < -0.3 is 24.4 Å². The third kappa shape index (κ3) is 5.15. The lowest BCUT2D eigenvalue weighted by Crippen LogP contribution is -2.61. The van der Waals surface area contributed by atoms with E-state index in [0.717, 1.165) is 35.5 Å². The van der Waals surface area contributed by atoms with Gasteiger partial charge in [-0.2, -0.15) is 0 Å². The SMILES string of the molecule is COc1ccc(CCN2C(=O)[C@@H](Oc3cccc(NC(=O)C4CC4)c3)[C@@H]2c2cccc(OC)c2)cc1. The maximum Gasteiger partial charge on any atom is 0.266 e. The quantitative estimate of drug-likeness (QED) is 0.423. The molecule has 7 nitrogen and oxygen atoms in total. The van der Waals surface area contributed by atoms with Crippen molar-refractivity contribution < 1.29 is 23.8 Å². The molecule has 2 atom stereocenters. The van der Waals surface area contributed by atoms with Gasteiger partial charge in [-0.15, -0.1) is 0 Å². The molecular formula is C29H30N2O5. The molecule has 1 aliphatic heterocycles. The molecule has 1 saturated carbocycles. The van der Waals surface area contributed by atoms with Crippen molar-refractivity contribution in [1.29, 1.82) is 0 Å². The molecule has 3 aromatic carbocycles. The fourth-order valence-electron chi connectivity index (χ4n) is 4.49. The Morgan fingerprint density at radius 3 is 2.36 bits per heavy atom. The van der Waals surface area contributed by atoms with Crippen molar-refractivity contribution in [3.63, 3.8) is 0 Å². The van der Waals surface area contributed by atoms with Crippen LogP contribution in [0.15, 0.2) is 72.8 Å². The van der Waals surface area contributed by atoms with E-state index in [1.165, 1.54) is 0 Å². The van der Waals surface area contributed by atoms with Crippen LogP contribution < -0.4 is 19.5 Å². The minimum atomic E-state index is -0.664. The van der Waals surface area contributed by atoms with Gasteiger partial charge in [-0.05, 0) is 66.8 Å². The molecule has 3 aromatic rings. The predicted molar refractivity (Wildman–Crippen MR) is 136 cm³/mol. The van der Waals surface area contributed by atoms with Crippen molar-refractivity contribution in [1.82, 2.24) is 4.90 Å². The molecule has 0 unspecified atom stereocenters. The summed E-state index contributed by atoms with van der Waals surface area (Å²) in [6, 6.07) is 22.6. The highest BCUT2D eigenvalue weighted by atomic mass is 16.5. The minimum absolute atomic E-state index is 0.0332. The molecule has 1 aliphatic carbocycles. The third-order valence-electron chi connectivity index (χ3n) is 6.70. The topological polar surface area (TPSA) is 77.1 Å². The van der Waals surface area contributed by atoms with Crippen LogP contribution in [0.2, 0.25) is 0 Å². The molecule has 0 spiro atoms. The van der Waals surface area contributed by atoms with E-state index in [4.69, 9.17) is 14.2 Å². The van der Waals surface area contributed by atoms with E-state index in [2.05, 4.69) is 5.32 Å². The summed E-state index contributed by atoms with van der Waals surface area (Å²) in [6.45, 7) is 0.560. The first-order chi connectivity index (χ1) is 17.6. The molecule has 2 fully saturated rings. The normalized spacial score (nSPS) is 18.8. The Hall–Kier alpha value is -4.00. The molecule has 2 amide bonds. The lowest BCUT2D eigenvalue weighted by molar-refractivity contribution is -0.164. The fraction of sp³-hybridized carbons (Fsp3) is 0.310. The Kier molecular flexibility index (Phi) is 6.80. The molecule has 0 radical (unpaired) electrons. The first kappa shape index (κ1) is 23.7. The molecule has 7 heteroatoms. The van der Waals surface area contributed by atoms with E-state index in [0.29, 0.717) is 24.4 Å². The largest absolute Gasteiger partial charge is 0.497 e. The summed E-state index contributed by atoms with van der Waals surface area (Å²) >= 11 is 0. The van der Waals surface area contributed by atoms with Crippen LogP contribution in [0.4, 0.5) is 5.69 Å². The monoisotopic (exact) mass is 486 g/mol. The van der Waals surface area contributed by atoms with Gasteiger partial charge in [0.15, 0.2) is 0 Å². The van der Waals surface area contributed by atoms with Gasteiger partial charge in [0.05, 0.1) is 14.2 Å². The number of carbonyl (C=O) groups excluding carboxylic acids is 2. The van der Waals surface area contributed by atoms with Gasteiger partial charge in [0, 0.05) is 24.2 Å². The van der Waals surface area contributed by atoms with Crippen molar-refractivity contribution in [3.05, 3.63) is 83.9 Å². The summed E-state index contributed by atoms with van der Waals surface area (Å²) in [6.07, 6.45) is 1.92. The lowest BCUT2D eigenvalue weighted by atomic mass is 9.89. The Bertz CT molecular complexity index is 1240. The molecule has 0 aromatic heterocycles. The highest BCUT2D eigenvalue weighted by Gasteiger charge is 2.50. The Labute approximate surface area is 211 Å². The Balaban J connectivity index is 1.33. The summed E-state index contributed by atoms with van der Waals surface area (Å²) in [5.74, 6) is 2.15. The van der Waals surface area contributed by atoms with Crippen LogP contribution in [0.3, 0.4) is 0 Å². The molecule has 36 heavy (non-hydrogen) atoms. The van der Waals surface area contributed by atoms with E-state index in [1.54, 1.807) is 20.3 Å². The van der Waals surface area contributed by atoms with Crippen LogP contribution in [0, 0.1) is 5.92 Å². The molecule has 186 valence electrons. The van der Waals surface area contributed by atoms with Crippen molar-refractivity contribution in [2.75, 3.05) is 26.1 Å². The highest BCUT2D eigenvalue weighted by molar-refractivity contribution is 5.94. The molecule has 1 saturated heterocycles. The molecular weight excluding hydrogens is 456 g/mol. The summed E-state index contributed by atoms with van der Waals surface area (Å²) < 4.78 is 16.9. The maximum atomic E-state index is 13.3. The predicted octanol–water partition coefficient (Wildman–Crippen LogP) is 4.63. The van der Waals surface area contributed by atoms with Crippen LogP contribution in [0.1, 0.15) is 30.0 Å². The number of rotatable bonds is 10. The first-order valence-corrected chi connectivity index (χ1v) is 12.2. The van der Waals surface area contributed by atoms with E-state index in [1.807, 2.05) is 71.6 Å². The molecule has 0 bridgehead atoms. The van der Waals surface area contributed by atoms with Gasteiger partial charge in [-0.3, -0.25) is 9.59 Å². The minimum Gasteiger partial charge on any atom is -0.497 e. The number of carbonyl (C=O) groups is 2. The van der Waals surface area contributed by atoms with Crippen LogP contribution >= 0.6 is 0 Å². The Morgan fingerprint density at radius 1 is 0.917 bits per heavy atom. The number of β-lactam (4-membered cyclic amide) rings is 1. The number of methoxy groups -OCH3 is 2. The van der Waals surface area contributed by atoms with Gasteiger partial charge in [0.25, 0.3) is 5.91 Å². The van der Waals surface area contributed by atoms with Gasteiger partial charge in [-0.1, -0.05) is 30.3 Å².